The van der Waals surface area contributed by atoms with Crippen LogP contribution in [-0.4, -0.2) is 26.9 Å². The summed E-state index contributed by atoms with van der Waals surface area (Å²) in [6.45, 7) is 8.31. The van der Waals surface area contributed by atoms with E-state index in [1.807, 2.05) is 58.0 Å². The second-order valence-electron chi connectivity index (χ2n) is 9.02. The van der Waals surface area contributed by atoms with E-state index >= 15 is 0 Å². The lowest BCUT2D eigenvalue weighted by molar-refractivity contribution is 0.0655. The highest BCUT2D eigenvalue weighted by molar-refractivity contribution is 6.33. The SMILES string of the molecule is Cc1c(Cl)cccc1-n1c(C(C)N(CC(C)C)C(=O)c2ccccc2Cl)nc2ccccc2c1=O. The highest BCUT2D eigenvalue weighted by atomic mass is 35.5. The second kappa shape index (κ2) is 10.2. The van der Waals surface area contributed by atoms with Crippen LogP contribution in [0.1, 0.15) is 48.6 Å². The molecule has 180 valence electrons. The molecule has 0 saturated carbocycles. The third kappa shape index (κ3) is 4.84. The number of aromatic nitrogens is 2. The average Bonchev–Trinajstić information content (AvgIpc) is 2.84. The Balaban J connectivity index is 1.97. The van der Waals surface area contributed by atoms with Gasteiger partial charge >= 0.3 is 0 Å². The number of benzene rings is 3. The fourth-order valence-electron chi connectivity index (χ4n) is 4.24. The molecule has 4 rings (SSSR count). The summed E-state index contributed by atoms with van der Waals surface area (Å²) in [5, 5.41) is 1.43. The van der Waals surface area contributed by atoms with Crippen molar-refractivity contribution in [3.05, 3.63) is 104 Å². The molecule has 1 unspecified atom stereocenters. The molecule has 4 aromatic rings. The quantitative estimate of drug-likeness (QED) is 0.286. The normalized spacial score (nSPS) is 12.2. The van der Waals surface area contributed by atoms with Gasteiger partial charge in [0, 0.05) is 11.6 Å². The fourth-order valence-corrected chi connectivity index (χ4v) is 4.63. The van der Waals surface area contributed by atoms with Gasteiger partial charge in [-0.2, -0.15) is 0 Å². The molecule has 3 aromatic carbocycles. The molecule has 1 aromatic heterocycles. The third-order valence-electron chi connectivity index (χ3n) is 6.05. The van der Waals surface area contributed by atoms with E-state index < -0.39 is 6.04 Å². The number of halogens is 2. The summed E-state index contributed by atoms with van der Waals surface area (Å²) in [5.74, 6) is 0.422. The van der Waals surface area contributed by atoms with Crippen LogP contribution >= 0.6 is 23.2 Å². The summed E-state index contributed by atoms with van der Waals surface area (Å²) in [4.78, 5) is 34.2. The average molecular weight is 508 g/mol. The molecule has 0 saturated heterocycles. The van der Waals surface area contributed by atoms with Gasteiger partial charge in [0.1, 0.15) is 5.82 Å². The predicted octanol–water partition coefficient (Wildman–Crippen LogP) is 6.86. The van der Waals surface area contributed by atoms with Crippen LogP contribution in [0.15, 0.2) is 71.5 Å². The van der Waals surface area contributed by atoms with Gasteiger partial charge in [-0.3, -0.25) is 14.2 Å². The zero-order valence-electron chi connectivity index (χ0n) is 20.1. The van der Waals surface area contributed by atoms with E-state index in [1.54, 1.807) is 45.9 Å². The molecule has 5 nitrogen and oxygen atoms in total. The van der Waals surface area contributed by atoms with Gasteiger partial charge in [-0.25, -0.2) is 4.98 Å². The molecular formula is C28H27Cl2N3O2. The van der Waals surface area contributed by atoms with Crippen molar-refractivity contribution in [3.63, 3.8) is 0 Å². The van der Waals surface area contributed by atoms with Gasteiger partial charge in [-0.05, 0) is 61.7 Å². The van der Waals surface area contributed by atoms with E-state index in [-0.39, 0.29) is 17.4 Å². The number of nitrogens with zero attached hydrogens (tertiary/aromatic N) is 3. The molecule has 1 heterocycles. The number of para-hydroxylation sites is 1. The van der Waals surface area contributed by atoms with Crippen molar-refractivity contribution >= 4 is 40.0 Å². The summed E-state index contributed by atoms with van der Waals surface area (Å²) in [7, 11) is 0. The van der Waals surface area contributed by atoms with Crippen molar-refractivity contribution in [3.8, 4) is 5.69 Å². The van der Waals surface area contributed by atoms with Gasteiger partial charge in [0.05, 0.1) is 33.2 Å². The number of hydrogen-bond donors (Lipinski definition) is 0. The fraction of sp³-hybridized carbons (Fsp3) is 0.250. The first-order chi connectivity index (χ1) is 16.7. The maximum atomic E-state index is 13.8. The van der Waals surface area contributed by atoms with Crippen molar-refractivity contribution in [2.45, 2.75) is 33.7 Å². The van der Waals surface area contributed by atoms with Gasteiger partial charge < -0.3 is 4.90 Å². The molecule has 0 N–H and O–H groups in total. The molecule has 1 atom stereocenters. The lowest BCUT2D eigenvalue weighted by Crippen LogP contribution is -2.39. The Morgan fingerprint density at radius 2 is 1.60 bits per heavy atom. The maximum absolute atomic E-state index is 13.8. The molecule has 0 aliphatic heterocycles. The van der Waals surface area contributed by atoms with Crippen LogP contribution in [0.5, 0.6) is 0 Å². The summed E-state index contributed by atoms with van der Waals surface area (Å²) in [6, 6.07) is 19.1. The van der Waals surface area contributed by atoms with E-state index in [9.17, 15) is 9.59 Å². The van der Waals surface area contributed by atoms with Crippen LogP contribution in [0.4, 0.5) is 0 Å². The first kappa shape index (κ1) is 25.0. The Labute approximate surface area is 214 Å². The summed E-state index contributed by atoms with van der Waals surface area (Å²) in [5.41, 5.74) is 2.17. The zero-order chi connectivity index (χ0) is 25.3. The standard InChI is InChI=1S/C28H27Cl2N3O2/c1-17(2)16-32(27(34)20-10-5-7-12-23(20)30)19(4)26-31-24-14-8-6-11-21(24)28(35)33(26)25-15-9-13-22(29)18(25)3/h5-15,17,19H,16H2,1-4H3. The number of fused-ring (bicyclic) bond motifs is 1. The lowest BCUT2D eigenvalue weighted by Gasteiger charge is -2.32. The molecule has 7 heteroatoms. The predicted molar refractivity (Wildman–Crippen MR) is 143 cm³/mol. The molecule has 0 aliphatic carbocycles. The van der Waals surface area contributed by atoms with Crippen LogP contribution in [0.25, 0.3) is 16.6 Å². The number of carbonyl (C=O) groups excluding carboxylic acids is 1. The molecule has 0 bridgehead atoms. The van der Waals surface area contributed by atoms with Crippen molar-refractivity contribution in [2.75, 3.05) is 6.54 Å². The van der Waals surface area contributed by atoms with Crippen molar-refractivity contribution in [1.29, 1.82) is 0 Å². The summed E-state index contributed by atoms with van der Waals surface area (Å²) >= 11 is 12.8. The topological polar surface area (TPSA) is 55.2 Å². The van der Waals surface area contributed by atoms with Gasteiger partial charge in [0.25, 0.3) is 11.5 Å². The summed E-state index contributed by atoms with van der Waals surface area (Å²) in [6.07, 6.45) is 0. The Morgan fingerprint density at radius 3 is 2.31 bits per heavy atom. The molecule has 0 fully saturated rings. The van der Waals surface area contributed by atoms with E-state index in [0.29, 0.717) is 44.6 Å². The molecule has 1 amide bonds. The maximum Gasteiger partial charge on any atom is 0.266 e. The third-order valence-corrected chi connectivity index (χ3v) is 6.79. The van der Waals surface area contributed by atoms with Crippen LogP contribution in [0.2, 0.25) is 10.0 Å². The molecule has 0 radical (unpaired) electrons. The zero-order valence-corrected chi connectivity index (χ0v) is 21.6. The lowest BCUT2D eigenvalue weighted by atomic mass is 10.1. The first-order valence-electron chi connectivity index (χ1n) is 11.5. The van der Waals surface area contributed by atoms with Gasteiger partial charge in [0.2, 0.25) is 0 Å². The van der Waals surface area contributed by atoms with Crippen LogP contribution < -0.4 is 5.56 Å². The Morgan fingerprint density at radius 1 is 0.943 bits per heavy atom. The number of carbonyl (C=O) groups is 1. The molecule has 0 spiro atoms. The van der Waals surface area contributed by atoms with E-state index in [4.69, 9.17) is 28.2 Å². The minimum absolute atomic E-state index is 0.178. The van der Waals surface area contributed by atoms with Crippen molar-refractivity contribution in [1.82, 2.24) is 14.5 Å². The van der Waals surface area contributed by atoms with Crippen molar-refractivity contribution < 1.29 is 4.79 Å². The van der Waals surface area contributed by atoms with Crippen LogP contribution in [0, 0.1) is 12.8 Å². The molecule has 35 heavy (non-hydrogen) atoms. The van der Waals surface area contributed by atoms with Crippen LogP contribution in [-0.2, 0) is 0 Å². The van der Waals surface area contributed by atoms with Gasteiger partial charge in [0.15, 0.2) is 0 Å². The monoisotopic (exact) mass is 507 g/mol. The van der Waals surface area contributed by atoms with Crippen LogP contribution in [0.3, 0.4) is 0 Å². The Bertz CT molecular complexity index is 1460. The highest BCUT2D eigenvalue weighted by Crippen LogP contribution is 2.29. The summed E-state index contributed by atoms with van der Waals surface area (Å²) < 4.78 is 1.58. The minimum Gasteiger partial charge on any atom is -0.328 e. The minimum atomic E-state index is -0.531. The van der Waals surface area contributed by atoms with Gasteiger partial charge in [-0.1, -0.05) is 67.4 Å². The Kier molecular flexibility index (Phi) is 7.29. The number of amides is 1. The molecular weight excluding hydrogens is 481 g/mol. The first-order valence-corrected chi connectivity index (χ1v) is 12.3. The van der Waals surface area contributed by atoms with E-state index in [2.05, 4.69) is 0 Å². The largest absolute Gasteiger partial charge is 0.328 e. The van der Waals surface area contributed by atoms with Gasteiger partial charge in [-0.15, -0.1) is 0 Å². The molecule has 0 aliphatic rings. The smallest absolute Gasteiger partial charge is 0.266 e. The second-order valence-corrected chi connectivity index (χ2v) is 9.83. The van der Waals surface area contributed by atoms with E-state index in [0.717, 1.165) is 5.56 Å². The van der Waals surface area contributed by atoms with E-state index in [1.165, 1.54) is 0 Å². The van der Waals surface area contributed by atoms with Crippen molar-refractivity contribution in [2.24, 2.45) is 5.92 Å². The highest BCUT2D eigenvalue weighted by Gasteiger charge is 2.29. The number of rotatable bonds is 6. The Hall–Kier alpha value is -3.15. The number of hydrogen-bond acceptors (Lipinski definition) is 3.